The maximum absolute atomic E-state index is 12.7. The predicted octanol–water partition coefficient (Wildman–Crippen LogP) is 3.86. The summed E-state index contributed by atoms with van der Waals surface area (Å²) < 4.78 is 38.2. The first-order valence-electron chi connectivity index (χ1n) is 8.82. The minimum absolute atomic E-state index is 0. The maximum Gasteiger partial charge on any atom is 0.416 e. The molecule has 2 N–H and O–H groups in total. The van der Waals surface area contributed by atoms with Crippen molar-refractivity contribution in [3.05, 3.63) is 35.4 Å². The van der Waals surface area contributed by atoms with Gasteiger partial charge in [-0.25, -0.2) is 0 Å². The number of guanidine groups is 1. The summed E-state index contributed by atoms with van der Waals surface area (Å²) in [7, 11) is 1.66. The summed E-state index contributed by atoms with van der Waals surface area (Å²) in [5.74, 6) is 0.610. The van der Waals surface area contributed by atoms with E-state index in [0.717, 1.165) is 38.1 Å². The number of nitrogens with zero attached hydrogens (tertiary/aromatic N) is 2. The normalized spacial score (nSPS) is 15.6. The highest BCUT2D eigenvalue weighted by Crippen LogP contribution is 2.29. The summed E-state index contributed by atoms with van der Waals surface area (Å²) in [5, 5.41) is 6.27. The molecule has 0 saturated carbocycles. The summed E-state index contributed by atoms with van der Waals surface area (Å²) in [5.41, 5.74) is -0.0523. The van der Waals surface area contributed by atoms with Gasteiger partial charge in [0.2, 0.25) is 0 Å². The van der Waals surface area contributed by atoms with E-state index in [2.05, 4.69) is 20.5 Å². The van der Waals surface area contributed by atoms with E-state index in [9.17, 15) is 13.2 Å². The first-order valence-corrected chi connectivity index (χ1v) is 8.82. The fourth-order valence-corrected chi connectivity index (χ4v) is 2.94. The van der Waals surface area contributed by atoms with Crippen molar-refractivity contribution in [3.63, 3.8) is 0 Å². The lowest BCUT2D eigenvalue weighted by Gasteiger charge is -2.15. The average Bonchev–Trinajstić information content (AvgIpc) is 3.10. The Hall–Kier alpha value is -1.03. The number of aliphatic imine (C=N–C) groups is 1. The van der Waals surface area contributed by atoms with Gasteiger partial charge < -0.3 is 15.5 Å². The number of unbranched alkanes of at least 4 members (excludes halogenated alkanes) is 1. The number of alkyl halides is 3. The van der Waals surface area contributed by atoms with E-state index in [4.69, 9.17) is 0 Å². The first-order chi connectivity index (χ1) is 12.0. The molecule has 0 amide bonds. The Bertz CT molecular complexity index is 558. The molecular formula is C18H28F3IN4. The smallest absolute Gasteiger partial charge is 0.356 e. The Labute approximate surface area is 170 Å². The minimum Gasteiger partial charge on any atom is -0.356 e. The SMILES string of the molecule is CN=C(NCCCCN1CCCC1)NCc1cccc(C(F)(F)F)c1.I. The highest BCUT2D eigenvalue weighted by atomic mass is 127. The van der Waals surface area contributed by atoms with Gasteiger partial charge in [-0.2, -0.15) is 13.2 Å². The largest absolute Gasteiger partial charge is 0.416 e. The lowest BCUT2D eigenvalue weighted by atomic mass is 10.1. The molecule has 1 aliphatic heterocycles. The van der Waals surface area contributed by atoms with Crippen LogP contribution in [0.4, 0.5) is 13.2 Å². The summed E-state index contributed by atoms with van der Waals surface area (Å²) in [6.07, 6.45) is 0.484. The van der Waals surface area contributed by atoms with Crippen LogP contribution in [0, 0.1) is 0 Å². The van der Waals surface area contributed by atoms with Crippen LogP contribution >= 0.6 is 24.0 Å². The van der Waals surface area contributed by atoms with Gasteiger partial charge in [-0.3, -0.25) is 4.99 Å². The van der Waals surface area contributed by atoms with Gasteiger partial charge in [0, 0.05) is 20.1 Å². The zero-order valence-electron chi connectivity index (χ0n) is 15.1. The van der Waals surface area contributed by atoms with Gasteiger partial charge >= 0.3 is 6.18 Å². The summed E-state index contributed by atoms with van der Waals surface area (Å²) in [6.45, 7) is 4.67. The second-order valence-electron chi connectivity index (χ2n) is 6.31. The summed E-state index contributed by atoms with van der Waals surface area (Å²) in [6, 6.07) is 5.34. The van der Waals surface area contributed by atoms with E-state index in [1.807, 2.05) is 0 Å². The molecule has 0 radical (unpaired) electrons. The Kier molecular flexibility index (Phi) is 10.3. The molecule has 2 rings (SSSR count). The van der Waals surface area contributed by atoms with Crippen LogP contribution in [0.25, 0.3) is 0 Å². The minimum atomic E-state index is -4.31. The molecule has 1 fully saturated rings. The topological polar surface area (TPSA) is 39.7 Å². The Morgan fingerprint density at radius 1 is 1.15 bits per heavy atom. The lowest BCUT2D eigenvalue weighted by molar-refractivity contribution is -0.137. The van der Waals surface area contributed by atoms with Gasteiger partial charge in [-0.05, 0) is 63.0 Å². The molecule has 0 bridgehead atoms. The van der Waals surface area contributed by atoms with Crippen LogP contribution in [0.3, 0.4) is 0 Å². The Morgan fingerprint density at radius 3 is 2.54 bits per heavy atom. The van der Waals surface area contributed by atoms with Crippen LogP contribution < -0.4 is 10.6 Å². The highest BCUT2D eigenvalue weighted by molar-refractivity contribution is 14.0. The third-order valence-electron chi connectivity index (χ3n) is 4.33. The molecule has 0 unspecified atom stereocenters. The summed E-state index contributed by atoms with van der Waals surface area (Å²) in [4.78, 5) is 6.60. The number of benzene rings is 1. The zero-order chi connectivity index (χ0) is 18.1. The molecule has 1 aromatic carbocycles. The monoisotopic (exact) mass is 484 g/mol. The van der Waals surface area contributed by atoms with Gasteiger partial charge in [0.25, 0.3) is 0 Å². The molecule has 0 atom stereocenters. The second-order valence-corrected chi connectivity index (χ2v) is 6.31. The molecule has 1 aliphatic rings. The van der Waals surface area contributed by atoms with Crippen molar-refractivity contribution in [2.75, 3.05) is 33.2 Å². The number of nitrogens with one attached hydrogen (secondary N) is 2. The molecule has 8 heteroatoms. The van der Waals surface area contributed by atoms with Gasteiger partial charge in [0.05, 0.1) is 5.56 Å². The molecule has 1 aromatic rings. The number of hydrogen-bond donors (Lipinski definition) is 2. The van der Waals surface area contributed by atoms with Gasteiger partial charge in [0.1, 0.15) is 0 Å². The Balaban J connectivity index is 0.00000338. The highest BCUT2D eigenvalue weighted by Gasteiger charge is 2.30. The molecule has 1 heterocycles. The van der Waals surface area contributed by atoms with Crippen LogP contribution in [-0.4, -0.2) is 44.1 Å². The van der Waals surface area contributed by atoms with Crippen molar-refractivity contribution >= 4 is 29.9 Å². The van der Waals surface area contributed by atoms with Crippen molar-refractivity contribution in [2.24, 2.45) is 4.99 Å². The maximum atomic E-state index is 12.7. The van der Waals surface area contributed by atoms with Crippen molar-refractivity contribution in [2.45, 2.75) is 38.4 Å². The van der Waals surface area contributed by atoms with E-state index >= 15 is 0 Å². The number of likely N-dealkylation sites (tertiary alicyclic amines) is 1. The lowest BCUT2D eigenvalue weighted by Crippen LogP contribution is -2.37. The van der Waals surface area contributed by atoms with E-state index in [1.54, 1.807) is 13.1 Å². The molecule has 4 nitrogen and oxygen atoms in total. The first kappa shape index (κ1) is 23.0. The predicted molar refractivity (Wildman–Crippen MR) is 110 cm³/mol. The van der Waals surface area contributed by atoms with Crippen LogP contribution in [-0.2, 0) is 12.7 Å². The fourth-order valence-electron chi connectivity index (χ4n) is 2.94. The molecule has 26 heavy (non-hydrogen) atoms. The van der Waals surface area contributed by atoms with Gasteiger partial charge in [0.15, 0.2) is 5.96 Å². The third kappa shape index (κ3) is 8.11. The second kappa shape index (κ2) is 11.6. The molecule has 1 saturated heterocycles. The van der Waals surface area contributed by atoms with E-state index in [0.29, 0.717) is 18.1 Å². The van der Waals surface area contributed by atoms with Gasteiger partial charge in [-0.1, -0.05) is 12.1 Å². The van der Waals surface area contributed by atoms with E-state index in [1.165, 1.54) is 32.0 Å². The van der Waals surface area contributed by atoms with Crippen molar-refractivity contribution in [3.8, 4) is 0 Å². The fraction of sp³-hybridized carbons (Fsp3) is 0.611. The van der Waals surface area contributed by atoms with Crippen LogP contribution in [0.1, 0.15) is 36.8 Å². The van der Waals surface area contributed by atoms with Crippen molar-refractivity contribution < 1.29 is 13.2 Å². The van der Waals surface area contributed by atoms with Crippen molar-refractivity contribution in [1.82, 2.24) is 15.5 Å². The quantitative estimate of drug-likeness (QED) is 0.267. The molecule has 0 aromatic heterocycles. The number of rotatable bonds is 7. The van der Waals surface area contributed by atoms with Crippen LogP contribution in [0.15, 0.2) is 29.3 Å². The molecule has 0 aliphatic carbocycles. The third-order valence-corrected chi connectivity index (χ3v) is 4.33. The van der Waals surface area contributed by atoms with Gasteiger partial charge in [-0.15, -0.1) is 24.0 Å². The average molecular weight is 484 g/mol. The van der Waals surface area contributed by atoms with E-state index < -0.39 is 11.7 Å². The van der Waals surface area contributed by atoms with Crippen molar-refractivity contribution in [1.29, 1.82) is 0 Å². The molecule has 0 spiro atoms. The molecule has 148 valence electrons. The number of hydrogen-bond acceptors (Lipinski definition) is 2. The number of halogens is 4. The molecular weight excluding hydrogens is 456 g/mol. The van der Waals surface area contributed by atoms with Crippen LogP contribution in [0.2, 0.25) is 0 Å². The van der Waals surface area contributed by atoms with Crippen LogP contribution in [0.5, 0.6) is 0 Å². The standard InChI is InChI=1S/C18H27F3N4.HI/c1-22-17(23-9-2-3-10-25-11-4-5-12-25)24-14-15-7-6-8-16(13-15)18(19,20)21;/h6-8,13H,2-5,9-12,14H2,1H3,(H2,22,23,24);1H. The summed E-state index contributed by atoms with van der Waals surface area (Å²) >= 11 is 0. The van der Waals surface area contributed by atoms with E-state index in [-0.39, 0.29) is 24.0 Å². The zero-order valence-corrected chi connectivity index (χ0v) is 17.4. The Morgan fingerprint density at radius 2 is 1.88 bits per heavy atom.